The van der Waals surface area contributed by atoms with Crippen molar-refractivity contribution in [3.8, 4) is 10.7 Å². The smallest absolute Gasteiger partial charge is 0.151 e. The topological polar surface area (TPSA) is 38.0 Å². The highest BCUT2D eigenvalue weighted by atomic mass is 32.1. The Kier molecular flexibility index (Phi) is 3.33. The summed E-state index contributed by atoms with van der Waals surface area (Å²) < 4.78 is 2.16. The number of aliphatic hydroxyl groups is 1. The van der Waals surface area contributed by atoms with Crippen molar-refractivity contribution in [2.75, 3.05) is 6.61 Å². The van der Waals surface area contributed by atoms with E-state index in [1.165, 1.54) is 16.2 Å². The third-order valence-electron chi connectivity index (χ3n) is 4.69. The van der Waals surface area contributed by atoms with Gasteiger partial charge < -0.3 is 9.67 Å². The van der Waals surface area contributed by atoms with Crippen LogP contribution in [-0.4, -0.2) is 21.3 Å². The third kappa shape index (κ3) is 2.11. The summed E-state index contributed by atoms with van der Waals surface area (Å²) in [5, 5.41) is 16.5. The average Bonchev–Trinajstić information content (AvgIpc) is 3.30. The standard InChI is InChI=1S/C21H16N2OS/c24-12-11-23-20-17-9-4-2-7-15(17)14-6-1-3-8-16(14)19(20)22-21(23)18-10-5-13-25-18/h1-10,13,24H,11-12H2. The Bertz CT molecular complexity index is 1210. The van der Waals surface area contributed by atoms with Crippen LogP contribution in [0.1, 0.15) is 0 Å². The molecule has 4 heteroatoms. The van der Waals surface area contributed by atoms with Gasteiger partial charge in [0.1, 0.15) is 0 Å². The summed E-state index contributed by atoms with van der Waals surface area (Å²) >= 11 is 1.68. The third-order valence-corrected chi connectivity index (χ3v) is 5.55. The van der Waals surface area contributed by atoms with Crippen LogP contribution in [-0.2, 0) is 6.54 Å². The van der Waals surface area contributed by atoms with E-state index in [1.807, 2.05) is 6.07 Å². The van der Waals surface area contributed by atoms with Gasteiger partial charge in [-0.3, -0.25) is 0 Å². The predicted octanol–water partition coefficient (Wildman–Crippen LogP) is 5.06. The van der Waals surface area contributed by atoms with Crippen molar-refractivity contribution < 1.29 is 5.11 Å². The molecule has 0 atom stereocenters. The molecule has 3 nitrogen and oxygen atoms in total. The van der Waals surface area contributed by atoms with Crippen LogP contribution in [0.2, 0.25) is 0 Å². The lowest BCUT2D eigenvalue weighted by Crippen LogP contribution is -2.04. The quantitative estimate of drug-likeness (QED) is 0.464. The maximum Gasteiger partial charge on any atom is 0.151 e. The summed E-state index contributed by atoms with van der Waals surface area (Å²) in [7, 11) is 0. The molecule has 5 aromatic rings. The maximum atomic E-state index is 9.66. The summed E-state index contributed by atoms with van der Waals surface area (Å²) in [6.07, 6.45) is 0. The highest BCUT2D eigenvalue weighted by Gasteiger charge is 2.18. The molecule has 1 N–H and O–H groups in total. The molecule has 0 aliphatic heterocycles. The molecule has 0 bridgehead atoms. The van der Waals surface area contributed by atoms with Gasteiger partial charge >= 0.3 is 0 Å². The molecule has 0 fully saturated rings. The summed E-state index contributed by atoms with van der Waals surface area (Å²) in [5.41, 5.74) is 2.11. The molecule has 2 heterocycles. The van der Waals surface area contributed by atoms with Crippen molar-refractivity contribution in [2.24, 2.45) is 0 Å². The first-order valence-corrected chi connectivity index (χ1v) is 9.21. The molecule has 122 valence electrons. The molecule has 0 aliphatic carbocycles. The highest BCUT2D eigenvalue weighted by Crippen LogP contribution is 2.37. The van der Waals surface area contributed by atoms with Crippen LogP contribution in [0.25, 0.3) is 43.3 Å². The number of benzene rings is 3. The van der Waals surface area contributed by atoms with Crippen molar-refractivity contribution in [3.63, 3.8) is 0 Å². The van der Waals surface area contributed by atoms with Crippen molar-refractivity contribution >= 4 is 43.9 Å². The fourth-order valence-corrected chi connectivity index (χ4v) is 4.40. The van der Waals surface area contributed by atoms with E-state index in [1.54, 1.807) is 11.3 Å². The Morgan fingerprint density at radius 3 is 2.20 bits per heavy atom. The largest absolute Gasteiger partial charge is 0.395 e. The van der Waals surface area contributed by atoms with E-state index in [4.69, 9.17) is 4.98 Å². The molecular formula is C21H16N2OS. The number of hydrogen-bond acceptors (Lipinski definition) is 3. The first-order chi connectivity index (χ1) is 12.4. The lowest BCUT2D eigenvalue weighted by Gasteiger charge is -2.10. The summed E-state index contributed by atoms with van der Waals surface area (Å²) in [6, 6.07) is 21.0. The summed E-state index contributed by atoms with van der Waals surface area (Å²) in [6.45, 7) is 0.622. The number of hydrogen-bond donors (Lipinski definition) is 1. The zero-order valence-corrected chi connectivity index (χ0v) is 14.3. The van der Waals surface area contributed by atoms with Gasteiger partial charge in [-0.1, -0.05) is 54.6 Å². The molecular weight excluding hydrogens is 328 g/mol. The van der Waals surface area contributed by atoms with Crippen LogP contribution >= 0.6 is 11.3 Å². The van der Waals surface area contributed by atoms with E-state index in [0.29, 0.717) is 6.54 Å². The Labute approximate surface area is 148 Å². The van der Waals surface area contributed by atoms with Crippen LogP contribution in [0.5, 0.6) is 0 Å². The van der Waals surface area contributed by atoms with Crippen molar-refractivity contribution in [2.45, 2.75) is 6.54 Å². The van der Waals surface area contributed by atoms with Gasteiger partial charge in [-0.2, -0.15) is 0 Å². The fraction of sp³-hybridized carbons (Fsp3) is 0.0952. The number of nitrogens with zero attached hydrogens (tertiary/aromatic N) is 2. The SMILES string of the molecule is OCCn1c(-c2cccs2)nc2c3ccccc3c3ccccc3c21. The van der Waals surface area contributed by atoms with E-state index < -0.39 is 0 Å². The molecule has 0 saturated heterocycles. The molecule has 3 aromatic carbocycles. The predicted molar refractivity (Wildman–Crippen MR) is 105 cm³/mol. The van der Waals surface area contributed by atoms with Gasteiger partial charge in [0.05, 0.1) is 22.5 Å². The van der Waals surface area contributed by atoms with Crippen LogP contribution in [0, 0.1) is 0 Å². The molecule has 5 rings (SSSR count). The molecule has 0 spiro atoms. The molecule has 0 amide bonds. The Hall–Kier alpha value is -2.69. The van der Waals surface area contributed by atoms with Crippen molar-refractivity contribution in [1.82, 2.24) is 9.55 Å². The van der Waals surface area contributed by atoms with Crippen LogP contribution in [0.4, 0.5) is 0 Å². The lowest BCUT2D eigenvalue weighted by atomic mass is 10.00. The first kappa shape index (κ1) is 14.6. The number of fused-ring (bicyclic) bond motifs is 6. The highest BCUT2D eigenvalue weighted by molar-refractivity contribution is 7.13. The Morgan fingerprint density at radius 1 is 0.840 bits per heavy atom. The van der Waals surface area contributed by atoms with Gasteiger partial charge in [0.15, 0.2) is 5.82 Å². The molecule has 0 saturated carbocycles. The second-order valence-corrected chi connectivity index (χ2v) is 7.02. The minimum Gasteiger partial charge on any atom is -0.395 e. The van der Waals surface area contributed by atoms with E-state index in [-0.39, 0.29) is 6.61 Å². The van der Waals surface area contributed by atoms with Gasteiger partial charge in [0, 0.05) is 17.3 Å². The molecule has 0 unspecified atom stereocenters. The Balaban J connectivity index is 2.05. The van der Waals surface area contributed by atoms with E-state index >= 15 is 0 Å². The average molecular weight is 344 g/mol. The number of aromatic nitrogens is 2. The minimum atomic E-state index is 0.0883. The number of aliphatic hydroxyl groups excluding tert-OH is 1. The first-order valence-electron chi connectivity index (χ1n) is 8.33. The Morgan fingerprint density at radius 2 is 1.52 bits per heavy atom. The molecule has 25 heavy (non-hydrogen) atoms. The van der Waals surface area contributed by atoms with Gasteiger partial charge in [0.25, 0.3) is 0 Å². The second-order valence-electron chi connectivity index (χ2n) is 6.08. The fourth-order valence-electron chi connectivity index (χ4n) is 3.67. The van der Waals surface area contributed by atoms with Gasteiger partial charge in [-0.05, 0) is 22.2 Å². The van der Waals surface area contributed by atoms with Crippen molar-refractivity contribution in [1.29, 1.82) is 0 Å². The number of thiophene rings is 1. The van der Waals surface area contributed by atoms with Gasteiger partial charge in [0.2, 0.25) is 0 Å². The molecule has 2 aromatic heterocycles. The minimum absolute atomic E-state index is 0.0883. The van der Waals surface area contributed by atoms with E-state index in [0.717, 1.165) is 27.1 Å². The molecule has 0 aliphatic rings. The maximum absolute atomic E-state index is 9.66. The van der Waals surface area contributed by atoms with E-state index in [9.17, 15) is 5.11 Å². The van der Waals surface area contributed by atoms with Gasteiger partial charge in [-0.25, -0.2) is 4.98 Å². The summed E-state index contributed by atoms with van der Waals surface area (Å²) in [5.74, 6) is 0.931. The van der Waals surface area contributed by atoms with Crippen LogP contribution in [0.15, 0.2) is 66.0 Å². The molecule has 0 radical (unpaired) electrons. The lowest BCUT2D eigenvalue weighted by molar-refractivity contribution is 0.278. The summed E-state index contributed by atoms with van der Waals surface area (Å²) in [4.78, 5) is 6.14. The number of rotatable bonds is 3. The van der Waals surface area contributed by atoms with Crippen LogP contribution < -0.4 is 0 Å². The normalized spacial score (nSPS) is 11.7. The van der Waals surface area contributed by atoms with Crippen molar-refractivity contribution in [3.05, 3.63) is 66.0 Å². The van der Waals surface area contributed by atoms with Crippen LogP contribution in [0.3, 0.4) is 0 Å². The van der Waals surface area contributed by atoms with E-state index in [2.05, 4.69) is 64.5 Å². The number of imidazole rings is 1. The second kappa shape index (κ2) is 5.69. The zero-order chi connectivity index (χ0) is 16.8. The van der Waals surface area contributed by atoms with Gasteiger partial charge in [-0.15, -0.1) is 11.3 Å². The zero-order valence-electron chi connectivity index (χ0n) is 13.5. The monoisotopic (exact) mass is 344 g/mol.